The Labute approximate surface area is 148 Å². The summed E-state index contributed by atoms with van der Waals surface area (Å²) in [6.07, 6.45) is 14.1. The van der Waals surface area contributed by atoms with E-state index in [1.807, 2.05) is 26.0 Å². The van der Waals surface area contributed by atoms with Crippen molar-refractivity contribution in [1.82, 2.24) is 0 Å². The first-order valence-electron chi connectivity index (χ1n) is 9.60. The number of carbonyl (C=O) groups excluding carboxylic acids is 2. The minimum Gasteiger partial charge on any atom is -0.463 e. The molecule has 0 fully saturated rings. The minimum absolute atomic E-state index is 0.0326. The molecule has 0 amide bonds. The van der Waals surface area contributed by atoms with E-state index >= 15 is 0 Å². The summed E-state index contributed by atoms with van der Waals surface area (Å²) in [6, 6.07) is 0. The molecule has 0 rings (SSSR count). The molecule has 0 bridgehead atoms. The Morgan fingerprint density at radius 1 is 0.875 bits per heavy atom. The van der Waals surface area contributed by atoms with Crippen LogP contribution < -0.4 is 0 Å². The van der Waals surface area contributed by atoms with Crippen LogP contribution in [0.15, 0.2) is 12.2 Å². The predicted molar refractivity (Wildman–Crippen MR) is 97.8 cm³/mol. The molecule has 0 aromatic carbocycles. The maximum atomic E-state index is 11.7. The second-order valence-electron chi connectivity index (χ2n) is 6.27. The molecule has 24 heavy (non-hydrogen) atoms. The van der Waals surface area contributed by atoms with Gasteiger partial charge in [0.05, 0.1) is 6.10 Å². The van der Waals surface area contributed by atoms with Crippen LogP contribution in [0.1, 0.15) is 91.4 Å². The number of ether oxygens (including phenoxy) is 2. The molecular weight excluding hydrogens is 304 g/mol. The average Bonchev–Trinajstić information content (AvgIpc) is 2.55. The lowest BCUT2D eigenvalue weighted by Crippen LogP contribution is -2.15. The van der Waals surface area contributed by atoms with Crippen molar-refractivity contribution >= 4 is 11.9 Å². The first-order valence-corrected chi connectivity index (χ1v) is 9.60. The van der Waals surface area contributed by atoms with E-state index in [2.05, 4.69) is 6.92 Å². The van der Waals surface area contributed by atoms with Crippen LogP contribution in [0.25, 0.3) is 0 Å². The largest absolute Gasteiger partial charge is 0.463 e. The predicted octanol–water partition coefficient (Wildman–Crippen LogP) is 5.35. The monoisotopic (exact) mass is 340 g/mol. The van der Waals surface area contributed by atoms with Crippen LogP contribution >= 0.6 is 0 Å². The van der Waals surface area contributed by atoms with E-state index in [1.165, 1.54) is 32.1 Å². The maximum absolute atomic E-state index is 11.7. The number of carbonyl (C=O) groups is 2. The highest BCUT2D eigenvalue weighted by atomic mass is 16.5. The van der Waals surface area contributed by atoms with Crippen LogP contribution in [-0.2, 0) is 19.1 Å². The summed E-state index contributed by atoms with van der Waals surface area (Å²) in [7, 11) is 0. The Morgan fingerprint density at radius 3 is 2.25 bits per heavy atom. The fourth-order valence-corrected chi connectivity index (χ4v) is 2.38. The zero-order valence-electron chi connectivity index (χ0n) is 15.9. The Morgan fingerprint density at radius 2 is 1.54 bits per heavy atom. The van der Waals surface area contributed by atoms with Crippen LogP contribution in [0.5, 0.6) is 0 Å². The molecule has 0 N–H and O–H groups in total. The van der Waals surface area contributed by atoms with Crippen molar-refractivity contribution in [1.29, 1.82) is 0 Å². The van der Waals surface area contributed by atoms with E-state index in [0.717, 1.165) is 19.3 Å². The third-order valence-corrected chi connectivity index (χ3v) is 3.80. The molecule has 140 valence electrons. The summed E-state index contributed by atoms with van der Waals surface area (Å²) in [4.78, 5) is 23.2. The van der Waals surface area contributed by atoms with Gasteiger partial charge in [-0.2, -0.15) is 0 Å². The first-order chi connectivity index (χ1) is 11.6. The zero-order valence-corrected chi connectivity index (χ0v) is 15.9. The fourth-order valence-electron chi connectivity index (χ4n) is 2.38. The topological polar surface area (TPSA) is 52.6 Å². The number of unbranched alkanes of at least 4 members (excludes halogenated alkanes) is 5. The van der Waals surface area contributed by atoms with E-state index in [0.29, 0.717) is 13.0 Å². The maximum Gasteiger partial charge on any atom is 0.306 e. The quantitative estimate of drug-likeness (QED) is 0.229. The molecule has 0 aliphatic heterocycles. The van der Waals surface area contributed by atoms with Crippen molar-refractivity contribution in [3.63, 3.8) is 0 Å². The lowest BCUT2D eigenvalue weighted by Gasteiger charge is -2.13. The van der Waals surface area contributed by atoms with Crippen LogP contribution in [-0.4, -0.2) is 24.6 Å². The van der Waals surface area contributed by atoms with Crippen LogP contribution in [0.4, 0.5) is 0 Å². The van der Waals surface area contributed by atoms with Crippen molar-refractivity contribution in [2.24, 2.45) is 0 Å². The number of allylic oxidation sites excluding steroid dienone is 1. The highest BCUT2D eigenvalue weighted by Gasteiger charge is 2.10. The first kappa shape index (κ1) is 22.7. The molecule has 1 atom stereocenters. The third-order valence-electron chi connectivity index (χ3n) is 3.80. The smallest absolute Gasteiger partial charge is 0.306 e. The Bertz CT molecular complexity index is 350. The summed E-state index contributed by atoms with van der Waals surface area (Å²) in [5.41, 5.74) is 0. The Balaban J connectivity index is 3.56. The molecule has 0 heterocycles. The Hall–Kier alpha value is -1.32. The van der Waals surface area contributed by atoms with Gasteiger partial charge < -0.3 is 9.47 Å². The van der Waals surface area contributed by atoms with Crippen molar-refractivity contribution in [2.45, 2.75) is 97.5 Å². The van der Waals surface area contributed by atoms with E-state index in [-0.39, 0.29) is 30.9 Å². The molecule has 4 heteroatoms. The number of hydrogen-bond donors (Lipinski definition) is 0. The number of rotatable bonds is 15. The summed E-state index contributed by atoms with van der Waals surface area (Å²) in [6.45, 7) is 6.49. The summed E-state index contributed by atoms with van der Waals surface area (Å²) in [5, 5.41) is 0. The van der Waals surface area contributed by atoms with Gasteiger partial charge in [0, 0.05) is 12.8 Å². The second kappa shape index (κ2) is 16.5. The molecule has 0 aliphatic carbocycles. The third kappa shape index (κ3) is 15.6. The van der Waals surface area contributed by atoms with Crippen molar-refractivity contribution in [3.8, 4) is 0 Å². The molecule has 0 saturated carbocycles. The molecule has 0 saturated heterocycles. The van der Waals surface area contributed by atoms with Gasteiger partial charge in [-0.05, 0) is 32.6 Å². The molecular formula is C20H36O4. The lowest BCUT2D eigenvalue weighted by molar-refractivity contribution is -0.149. The number of hydrogen-bond acceptors (Lipinski definition) is 4. The van der Waals surface area contributed by atoms with Gasteiger partial charge >= 0.3 is 11.9 Å². The molecule has 0 spiro atoms. The molecule has 1 unspecified atom stereocenters. The van der Waals surface area contributed by atoms with Gasteiger partial charge in [0.15, 0.2) is 0 Å². The Kier molecular flexibility index (Phi) is 15.6. The van der Waals surface area contributed by atoms with E-state index in [1.54, 1.807) is 0 Å². The number of esters is 2. The summed E-state index contributed by atoms with van der Waals surface area (Å²) < 4.78 is 10.4. The van der Waals surface area contributed by atoms with E-state index < -0.39 is 0 Å². The van der Waals surface area contributed by atoms with Crippen LogP contribution in [0.2, 0.25) is 0 Å². The SMILES string of the molecule is CC/C=C/COC(=O)CCCC(=O)OC(C)CCCCCCCC. The summed E-state index contributed by atoms with van der Waals surface area (Å²) in [5.74, 6) is -0.476. The van der Waals surface area contributed by atoms with Gasteiger partial charge in [-0.15, -0.1) is 0 Å². The van der Waals surface area contributed by atoms with Gasteiger partial charge in [0.2, 0.25) is 0 Å². The molecule has 0 aromatic heterocycles. The van der Waals surface area contributed by atoms with Crippen LogP contribution in [0.3, 0.4) is 0 Å². The van der Waals surface area contributed by atoms with Crippen LogP contribution in [0, 0.1) is 0 Å². The van der Waals surface area contributed by atoms with Gasteiger partial charge in [-0.3, -0.25) is 9.59 Å². The van der Waals surface area contributed by atoms with Gasteiger partial charge in [-0.25, -0.2) is 0 Å². The summed E-state index contributed by atoms with van der Waals surface area (Å²) >= 11 is 0. The molecule has 0 aliphatic rings. The minimum atomic E-state index is -0.260. The van der Waals surface area contributed by atoms with Gasteiger partial charge in [0.25, 0.3) is 0 Å². The average molecular weight is 341 g/mol. The van der Waals surface area contributed by atoms with Gasteiger partial charge in [0.1, 0.15) is 6.61 Å². The molecule has 4 nitrogen and oxygen atoms in total. The fraction of sp³-hybridized carbons (Fsp3) is 0.800. The van der Waals surface area contributed by atoms with Crippen molar-refractivity contribution in [2.75, 3.05) is 6.61 Å². The highest BCUT2D eigenvalue weighted by molar-refractivity contribution is 5.72. The van der Waals surface area contributed by atoms with E-state index in [4.69, 9.17) is 9.47 Å². The standard InChI is InChI=1S/C20H36O4/c1-4-6-8-9-10-11-14-18(3)24-20(22)16-13-15-19(21)23-17-12-7-5-2/h7,12,18H,4-6,8-11,13-17H2,1-3H3/b12-7+. The van der Waals surface area contributed by atoms with Crippen molar-refractivity contribution in [3.05, 3.63) is 12.2 Å². The highest BCUT2D eigenvalue weighted by Crippen LogP contribution is 2.11. The van der Waals surface area contributed by atoms with E-state index in [9.17, 15) is 9.59 Å². The second-order valence-corrected chi connectivity index (χ2v) is 6.27. The normalized spacial score (nSPS) is 12.3. The molecule has 0 aromatic rings. The zero-order chi connectivity index (χ0) is 18.0. The molecule has 0 radical (unpaired) electrons. The lowest BCUT2D eigenvalue weighted by atomic mass is 10.1. The van der Waals surface area contributed by atoms with Crippen molar-refractivity contribution < 1.29 is 19.1 Å². The van der Waals surface area contributed by atoms with Gasteiger partial charge in [-0.1, -0.05) is 58.1 Å².